The van der Waals surface area contributed by atoms with E-state index in [1.165, 1.54) is 0 Å². The van der Waals surface area contributed by atoms with Crippen LogP contribution in [0.15, 0.2) is 24.3 Å². The van der Waals surface area contributed by atoms with E-state index >= 15 is 0 Å². The SMILES string of the molecule is N=C(N)N(CCCCc1ccc(NCC(N)=O)cc1)C(=O)c1nc(Cl)c(N)nc1N. The topological polar surface area (TPSA) is 203 Å². The molecule has 1 aromatic heterocycles. The Balaban J connectivity index is 1.91. The number of nitrogens with zero attached hydrogens (tertiary/aromatic N) is 3. The van der Waals surface area contributed by atoms with Gasteiger partial charge >= 0.3 is 0 Å². The predicted molar refractivity (Wildman–Crippen MR) is 116 cm³/mol. The third-order valence-electron chi connectivity index (χ3n) is 4.16. The van der Waals surface area contributed by atoms with Crippen LogP contribution in [-0.4, -0.2) is 45.7 Å². The number of rotatable bonds is 9. The summed E-state index contributed by atoms with van der Waals surface area (Å²) in [6.45, 7) is 0.276. The Kier molecular flexibility index (Phi) is 7.76. The average Bonchev–Trinajstić information content (AvgIpc) is 2.69. The van der Waals surface area contributed by atoms with Crippen LogP contribution in [0.4, 0.5) is 17.3 Å². The molecule has 0 radical (unpaired) electrons. The summed E-state index contributed by atoms with van der Waals surface area (Å²) in [4.78, 5) is 32.1. The summed E-state index contributed by atoms with van der Waals surface area (Å²) in [7, 11) is 0. The van der Waals surface area contributed by atoms with Crippen LogP contribution in [0.1, 0.15) is 28.9 Å². The van der Waals surface area contributed by atoms with E-state index in [4.69, 9.17) is 39.9 Å². The van der Waals surface area contributed by atoms with Gasteiger partial charge in [0.1, 0.15) is 0 Å². The summed E-state index contributed by atoms with van der Waals surface area (Å²) in [5.41, 5.74) is 23.6. The lowest BCUT2D eigenvalue weighted by Crippen LogP contribution is -2.42. The summed E-state index contributed by atoms with van der Waals surface area (Å²) < 4.78 is 0. The molecule has 0 aliphatic carbocycles. The van der Waals surface area contributed by atoms with E-state index in [-0.39, 0.29) is 35.6 Å². The highest BCUT2D eigenvalue weighted by Gasteiger charge is 2.23. The highest BCUT2D eigenvalue weighted by atomic mass is 35.5. The van der Waals surface area contributed by atoms with Gasteiger partial charge < -0.3 is 28.3 Å². The Morgan fingerprint density at radius 1 is 1.07 bits per heavy atom. The van der Waals surface area contributed by atoms with Gasteiger partial charge in [-0.15, -0.1) is 0 Å². The fraction of sp³-hybridized carbons (Fsp3) is 0.278. The largest absolute Gasteiger partial charge is 0.382 e. The molecule has 30 heavy (non-hydrogen) atoms. The van der Waals surface area contributed by atoms with Crippen LogP contribution in [0, 0.1) is 5.41 Å². The van der Waals surface area contributed by atoms with Crippen molar-refractivity contribution in [3.05, 3.63) is 40.7 Å². The molecule has 0 atom stereocenters. The van der Waals surface area contributed by atoms with Crippen molar-refractivity contribution in [3.8, 4) is 0 Å². The second kappa shape index (κ2) is 10.3. The molecule has 0 aliphatic heterocycles. The number of nitrogens with two attached hydrogens (primary N) is 4. The third-order valence-corrected chi connectivity index (χ3v) is 4.44. The molecule has 160 valence electrons. The number of guanidine groups is 1. The van der Waals surface area contributed by atoms with Gasteiger partial charge in [-0.1, -0.05) is 23.7 Å². The van der Waals surface area contributed by atoms with Crippen molar-refractivity contribution < 1.29 is 9.59 Å². The fourth-order valence-electron chi connectivity index (χ4n) is 2.64. The van der Waals surface area contributed by atoms with E-state index in [2.05, 4.69) is 15.3 Å². The minimum Gasteiger partial charge on any atom is -0.382 e. The number of carbonyl (C=O) groups is 2. The number of hydrogen-bond acceptors (Lipinski definition) is 8. The van der Waals surface area contributed by atoms with Crippen molar-refractivity contribution in [2.45, 2.75) is 19.3 Å². The molecule has 2 rings (SSSR count). The summed E-state index contributed by atoms with van der Waals surface area (Å²) in [5.74, 6) is -1.80. The number of aromatic nitrogens is 2. The molecule has 0 bridgehead atoms. The summed E-state index contributed by atoms with van der Waals surface area (Å²) in [5, 5.41) is 10.4. The Morgan fingerprint density at radius 2 is 1.73 bits per heavy atom. The average molecular weight is 434 g/mol. The number of nitrogens with one attached hydrogen (secondary N) is 2. The predicted octanol–water partition coefficient (Wildman–Crippen LogP) is 0.550. The minimum atomic E-state index is -0.667. The molecule has 12 heteroatoms. The van der Waals surface area contributed by atoms with Crippen LogP contribution in [0.2, 0.25) is 5.15 Å². The Morgan fingerprint density at radius 3 is 2.33 bits per heavy atom. The van der Waals surface area contributed by atoms with E-state index in [0.29, 0.717) is 6.42 Å². The number of hydrogen-bond donors (Lipinski definition) is 6. The van der Waals surface area contributed by atoms with Gasteiger partial charge in [0.25, 0.3) is 5.91 Å². The number of amides is 2. The number of halogens is 1. The van der Waals surface area contributed by atoms with Gasteiger partial charge in [0.05, 0.1) is 6.54 Å². The van der Waals surface area contributed by atoms with Crippen LogP contribution in [0.3, 0.4) is 0 Å². The Labute approximate surface area is 178 Å². The standard InChI is InChI=1S/C18H24ClN9O2/c19-14-16(22)27-15(21)13(26-14)17(30)28(18(23)24)8-2-1-3-10-4-6-11(7-5-10)25-9-12(20)29/h4-7,25H,1-3,8-9H2,(H2,20,29)(H3,23,24)(H4,21,22,27). The molecule has 0 saturated heterocycles. The van der Waals surface area contributed by atoms with Gasteiger partial charge in [-0.05, 0) is 37.0 Å². The zero-order valence-electron chi connectivity index (χ0n) is 16.2. The number of anilines is 3. The molecule has 11 nitrogen and oxygen atoms in total. The molecule has 10 N–H and O–H groups in total. The lowest BCUT2D eigenvalue weighted by atomic mass is 10.1. The first-order chi connectivity index (χ1) is 14.2. The molecule has 0 saturated carbocycles. The van der Waals surface area contributed by atoms with Crippen LogP contribution < -0.4 is 28.3 Å². The van der Waals surface area contributed by atoms with Crippen LogP contribution >= 0.6 is 11.6 Å². The number of benzene rings is 1. The number of unbranched alkanes of at least 4 members (excludes halogenated alkanes) is 1. The zero-order chi connectivity index (χ0) is 22.3. The van der Waals surface area contributed by atoms with Crippen LogP contribution in [0.5, 0.6) is 0 Å². The van der Waals surface area contributed by atoms with E-state index in [1.807, 2.05) is 24.3 Å². The second-order valence-electron chi connectivity index (χ2n) is 6.45. The van der Waals surface area contributed by atoms with E-state index in [0.717, 1.165) is 29.0 Å². The van der Waals surface area contributed by atoms with Crippen molar-refractivity contribution in [2.75, 3.05) is 29.9 Å². The Hall–Kier alpha value is -3.60. The molecule has 2 amide bonds. The minimum absolute atomic E-state index is 0.0718. The van der Waals surface area contributed by atoms with Crippen molar-refractivity contribution in [3.63, 3.8) is 0 Å². The number of nitrogen functional groups attached to an aromatic ring is 2. The van der Waals surface area contributed by atoms with Gasteiger partial charge in [-0.3, -0.25) is 19.9 Å². The van der Waals surface area contributed by atoms with Gasteiger partial charge in [-0.25, -0.2) is 9.97 Å². The maximum Gasteiger partial charge on any atom is 0.283 e. The van der Waals surface area contributed by atoms with Crippen molar-refractivity contribution in [1.29, 1.82) is 5.41 Å². The van der Waals surface area contributed by atoms with E-state index in [9.17, 15) is 9.59 Å². The van der Waals surface area contributed by atoms with Gasteiger partial charge in [-0.2, -0.15) is 0 Å². The summed E-state index contributed by atoms with van der Waals surface area (Å²) >= 11 is 5.82. The smallest absolute Gasteiger partial charge is 0.283 e. The molecule has 0 aliphatic rings. The summed E-state index contributed by atoms with van der Waals surface area (Å²) in [6.07, 6.45) is 2.09. The van der Waals surface area contributed by atoms with Gasteiger partial charge in [0.2, 0.25) is 5.91 Å². The van der Waals surface area contributed by atoms with E-state index in [1.54, 1.807) is 0 Å². The van der Waals surface area contributed by atoms with E-state index < -0.39 is 17.8 Å². The maximum absolute atomic E-state index is 12.7. The first kappa shape index (κ1) is 22.7. The van der Waals surface area contributed by atoms with Gasteiger partial charge in [0, 0.05) is 12.2 Å². The summed E-state index contributed by atoms with van der Waals surface area (Å²) in [6, 6.07) is 7.58. The Bertz CT molecular complexity index is 934. The molecular formula is C18H24ClN9O2. The normalized spacial score (nSPS) is 10.4. The molecule has 1 aromatic carbocycles. The molecule has 2 aromatic rings. The van der Waals surface area contributed by atoms with Crippen molar-refractivity contribution in [1.82, 2.24) is 14.9 Å². The maximum atomic E-state index is 12.7. The molecule has 0 fully saturated rings. The molecular weight excluding hydrogens is 410 g/mol. The monoisotopic (exact) mass is 433 g/mol. The number of primary amides is 1. The highest BCUT2D eigenvalue weighted by molar-refractivity contribution is 6.31. The second-order valence-corrected chi connectivity index (χ2v) is 6.81. The zero-order valence-corrected chi connectivity index (χ0v) is 16.9. The first-order valence-corrected chi connectivity index (χ1v) is 9.42. The molecule has 1 heterocycles. The lowest BCUT2D eigenvalue weighted by molar-refractivity contribution is -0.116. The molecule has 0 unspecified atom stereocenters. The third kappa shape index (κ3) is 6.21. The first-order valence-electron chi connectivity index (χ1n) is 9.04. The number of carbonyl (C=O) groups excluding carboxylic acids is 2. The van der Waals surface area contributed by atoms with Gasteiger partial charge in [0.15, 0.2) is 28.4 Å². The van der Waals surface area contributed by atoms with Crippen molar-refractivity contribution >= 4 is 46.7 Å². The highest BCUT2D eigenvalue weighted by Crippen LogP contribution is 2.19. The number of aryl methyl sites for hydroxylation is 1. The fourth-order valence-corrected chi connectivity index (χ4v) is 2.76. The van der Waals surface area contributed by atoms with Crippen LogP contribution in [0.25, 0.3) is 0 Å². The molecule has 0 spiro atoms. The lowest BCUT2D eigenvalue weighted by Gasteiger charge is -2.20. The van der Waals surface area contributed by atoms with Crippen LogP contribution in [-0.2, 0) is 11.2 Å². The van der Waals surface area contributed by atoms with Crippen molar-refractivity contribution in [2.24, 2.45) is 11.5 Å². The quantitative estimate of drug-likeness (QED) is 0.186.